The zero-order valence-electron chi connectivity index (χ0n) is 20.8. The lowest BCUT2D eigenvalue weighted by Gasteiger charge is -2.30. The van der Waals surface area contributed by atoms with Crippen molar-refractivity contribution in [2.24, 2.45) is 0 Å². The minimum absolute atomic E-state index is 0.0408. The molecule has 2 atom stereocenters. The monoisotopic (exact) mass is 543 g/mol. The van der Waals surface area contributed by atoms with Crippen LogP contribution in [0.4, 0.5) is 14.5 Å². The van der Waals surface area contributed by atoms with E-state index in [0.717, 1.165) is 40.7 Å². The quantitative estimate of drug-likeness (QED) is 0.427. The van der Waals surface area contributed by atoms with Gasteiger partial charge in [-0.1, -0.05) is 30.7 Å². The number of hydrogen-bond donors (Lipinski definition) is 1. The van der Waals surface area contributed by atoms with E-state index in [-0.39, 0.29) is 49.5 Å². The highest BCUT2D eigenvalue weighted by molar-refractivity contribution is 7.92. The molecule has 0 saturated carbocycles. The number of anilines is 1. The molecule has 198 valence electrons. The molecule has 7 nitrogen and oxygen atoms in total. The minimum atomic E-state index is -3.82. The summed E-state index contributed by atoms with van der Waals surface area (Å²) in [5.74, 6) is -2.94. The zero-order chi connectivity index (χ0) is 27.0. The van der Waals surface area contributed by atoms with Gasteiger partial charge < -0.3 is 10.2 Å². The molecule has 36 heavy (non-hydrogen) atoms. The number of hydrogen-bond acceptors (Lipinski definition) is 4. The van der Waals surface area contributed by atoms with Crippen LogP contribution in [0.1, 0.15) is 45.6 Å². The lowest BCUT2D eigenvalue weighted by molar-refractivity contribution is -0.140. The Bertz CT molecular complexity index is 1180. The second-order valence-corrected chi connectivity index (χ2v) is 11.0. The largest absolute Gasteiger partial charge is 0.352 e. The molecule has 0 aliphatic carbocycles. The van der Waals surface area contributed by atoms with E-state index in [0.29, 0.717) is 5.02 Å². The predicted molar refractivity (Wildman–Crippen MR) is 137 cm³/mol. The number of carbonyl (C=O) groups is 2. The molecule has 2 amide bonds. The molecule has 1 N–H and O–H groups in total. The molecular formula is C25H32ClF2N3O4S. The summed E-state index contributed by atoms with van der Waals surface area (Å²) in [6.45, 7) is 5.43. The third kappa shape index (κ3) is 8.44. The number of amides is 2. The van der Waals surface area contributed by atoms with Crippen LogP contribution in [0.5, 0.6) is 0 Å². The molecular weight excluding hydrogens is 512 g/mol. The lowest BCUT2D eigenvalue weighted by atomic mass is 10.1. The first kappa shape index (κ1) is 29.5. The van der Waals surface area contributed by atoms with E-state index in [1.165, 1.54) is 4.90 Å². The Morgan fingerprint density at radius 1 is 1.08 bits per heavy atom. The maximum absolute atomic E-state index is 13.7. The van der Waals surface area contributed by atoms with E-state index in [1.807, 2.05) is 13.8 Å². The normalized spacial score (nSPS) is 13.1. The summed E-state index contributed by atoms with van der Waals surface area (Å²) in [6.07, 6.45) is 1.70. The van der Waals surface area contributed by atoms with E-state index >= 15 is 0 Å². The van der Waals surface area contributed by atoms with Crippen LogP contribution in [0, 0.1) is 11.6 Å². The predicted octanol–water partition coefficient (Wildman–Crippen LogP) is 4.50. The van der Waals surface area contributed by atoms with Crippen molar-refractivity contribution in [3.63, 3.8) is 0 Å². The molecule has 0 saturated heterocycles. The van der Waals surface area contributed by atoms with Crippen molar-refractivity contribution in [2.45, 2.75) is 58.7 Å². The van der Waals surface area contributed by atoms with Gasteiger partial charge in [0.05, 0.1) is 11.9 Å². The molecule has 0 aromatic heterocycles. The maximum atomic E-state index is 13.7. The van der Waals surface area contributed by atoms with E-state index in [1.54, 1.807) is 31.2 Å². The standard InChI is InChI=1S/C25H32ClF2N3O4S/c1-5-17(2)29-25(33)18(3)30(16-19-8-6-9-20(26)14-19)24(32)10-7-13-31(36(4,34)35)21-11-12-22(27)23(28)15-21/h6,8-9,11-12,14-15,17-18H,5,7,10,13,16H2,1-4H3,(H,29,33)/t17-,18-/m1/s1. The van der Waals surface area contributed by atoms with Crippen LogP contribution in [0.15, 0.2) is 42.5 Å². The molecule has 0 heterocycles. The van der Waals surface area contributed by atoms with Crippen molar-refractivity contribution in [2.75, 3.05) is 17.1 Å². The fraction of sp³-hybridized carbons (Fsp3) is 0.440. The van der Waals surface area contributed by atoms with E-state index in [2.05, 4.69) is 5.32 Å². The van der Waals surface area contributed by atoms with Crippen molar-refractivity contribution >= 4 is 39.1 Å². The van der Waals surface area contributed by atoms with E-state index in [4.69, 9.17) is 11.6 Å². The van der Waals surface area contributed by atoms with Gasteiger partial charge in [0.25, 0.3) is 0 Å². The topological polar surface area (TPSA) is 86.8 Å². The third-order valence-electron chi connectivity index (χ3n) is 5.75. The first-order valence-electron chi connectivity index (χ1n) is 11.6. The van der Waals surface area contributed by atoms with Gasteiger partial charge in [-0.05, 0) is 56.5 Å². The minimum Gasteiger partial charge on any atom is -0.352 e. The molecule has 0 radical (unpaired) electrons. The van der Waals surface area contributed by atoms with Gasteiger partial charge in [0.2, 0.25) is 21.8 Å². The number of nitrogens with one attached hydrogen (secondary N) is 1. The molecule has 0 aliphatic rings. The van der Waals surface area contributed by atoms with Crippen molar-refractivity contribution < 1.29 is 26.8 Å². The lowest BCUT2D eigenvalue weighted by Crippen LogP contribution is -2.49. The number of halogens is 3. The van der Waals surface area contributed by atoms with Crippen LogP contribution in [0.3, 0.4) is 0 Å². The Balaban J connectivity index is 2.19. The molecule has 0 bridgehead atoms. The van der Waals surface area contributed by atoms with Crippen LogP contribution in [0.25, 0.3) is 0 Å². The number of rotatable bonds is 12. The van der Waals surface area contributed by atoms with Gasteiger partial charge in [-0.25, -0.2) is 17.2 Å². The average molecular weight is 544 g/mol. The second-order valence-electron chi connectivity index (χ2n) is 8.68. The van der Waals surface area contributed by atoms with Gasteiger partial charge in [0.1, 0.15) is 6.04 Å². The fourth-order valence-corrected chi connectivity index (χ4v) is 4.69. The number of carbonyl (C=O) groups excluding carboxylic acids is 2. The van der Waals surface area contributed by atoms with Crippen LogP contribution in [-0.2, 0) is 26.2 Å². The van der Waals surface area contributed by atoms with Crippen LogP contribution >= 0.6 is 11.6 Å². The van der Waals surface area contributed by atoms with Crippen LogP contribution in [-0.4, -0.2) is 50.0 Å². The SMILES string of the molecule is CC[C@@H](C)NC(=O)[C@@H](C)N(Cc1cccc(Cl)c1)C(=O)CCCN(c1ccc(F)c(F)c1)S(C)(=O)=O. The summed E-state index contributed by atoms with van der Waals surface area (Å²) in [6, 6.07) is 8.89. The van der Waals surface area contributed by atoms with Gasteiger partial charge in [-0.2, -0.15) is 0 Å². The molecule has 2 aromatic rings. The molecule has 0 spiro atoms. The molecule has 0 fully saturated rings. The van der Waals surface area contributed by atoms with Crippen molar-refractivity contribution in [1.29, 1.82) is 0 Å². The molecule has 11 heteroatoms. The Morgan fingerprint density at radius 2 is 1.78 bits per heavy atom. The summed E-state index contributed by atoms with van der Waals surface area (Å²) in [5, 5.41) is 3.37. The Hall–Kier alpha value is -2.72. The van der Waals surface area contributed by atoms with Crippen molar-refractivity contribution in [1.82, 2.24) is 10.2 Å². The third-order valence-corrected chi connectivity index (χ3v) is 7.18. The van der Waals surface area contributed by atoms with Crippen LogP contribution in [0.2, 0.25) is 5.02 Å². The first-order valence-corrected chi connectivity index (χ1v) is 13.8. The Kier molecular flexibility index (Phi) is 10.7. The highest BCUT2D eigenvalue weighted by Crippen LogP contribution is 2.22. The van der Waals surface area contributed by atoms with Gasteiger partial charge >= 0.3 is 0 Å². The van der Waals surface area contributed by atoms with Crippen molar-refractivity contribution in [3.8, 4) is 0 Å². The number of nitrogens with zero attached hydrogens (tertiary/aromatic N) is 2. The first-order chi connectivity index (χ1) is 16.8. The van der Waals surface area contributed by atoms with Gasteiger partial charge in [0, 0.05) is 36.6 Å². The number of sulfonamides is 1. The van der Waals surface area contributed by atoms with Crippen LogP contribution < -0.4 is 9.62 Å². The highest BCUT2D eigenvalue weighted by atomic mass is 35.5. The molecule has 0 aliphatic heterocycles. The second kappa shape index (κ2) is 13.0. The summed E-state index contributed by atoms with van der Waals surface area (Å²) < 4.78 is 52.5. The van der Waals surface area contributed by atoms with E-state index < -0.39 is 27.7 Å². The van der Waals surface area contributed by atoms with Gasteiger partial charge in [-0.15, -0.1) is 0 Å². The smallest absolute Gasteiger partial charge is 0.242 e. The molecule has 2 rings (SSSR count). The molecule has 0 unspecified atom stereocenters. The zero-order valence-corrected chi connectivity index (χ0v) is 22.4. The summed E-state index contributed by atoms with van der Waals surface area (Å²) in [4.78, 5) is 27.4. The average Bonchev–Trinajstić information content (AvgIpc) is 2.80. The Morgan fingerprint density at radius 3 is 2.36 bits per heavy atom. The number of benzene rings is 2. The maximum Gasteiger partial charge on any atom is 0.242 e. The molecule has 2 aromatic carbocycles. The fourth-order valence-electron chi connectivity index (χ4n) is 3.52. The summed E-state index contributed by atoms with van der Waals surface area (Å²) in [5.41, 5.74) is 0.694. The van der Waals surface area contributed by atoms with Gasteiger partial charge in [0.15, 0.2) is 11.6 Å². The summed E-state index contributed by atoms with van der Waals surface area (Å²) >= 11 is 6.08. The van der Waals surface area contributed by atoms with E-state index in [9.17, 15) is 26.8 Å². The Labute approximate surface area is 216 Å². The van der Waals surface area contributed by atoms with Gasteiger partial charge in [-0.3, -0.25) is 13.9 Å². The summed E-state index contributed by atoms with van der Waals surface area (Å²) in [7, 11) is -3.82. The van der Waals surface area contributed by atoms with Crippen molar-refractivity contribution in [3.05, 3.63) is 64.7 Å². The highest BCUT2D eigenvalue weighted by Gasteiger charge is 2.27.